The van der Waals surface area contributed by atoms with Gasteiger partial charge in [-0.05, 0) is 45.8 Å². The van der Waals surface area contributed by atoms with Crippen LogP contribution in [0, 0.1) is 0 Å². The minimum Gasteiger partial charge on any atom is -0.0943 e. The molecule has 0 N–H and O–H groups in total. The summed E-state index contributed by atoms with van der Waals surface area (Å²) in [4.78, 5) is 0. The molecule has 1 aliphatic carbocycles. The molecule has 1 aromatic rings. The van der Waals surface area contributed by atoms with Gasteiger partial charge in [-0.15, -0.1) is 0 Å². The number of fused-ring (bicyclic) bond motifs is 1. The fourth-order valence-corrected chi connectivity index (χ4v) is 2.81. The van der Waals surface area contributed by atoms with Gasteiger partial charge >= 0.3 is 0 Å². The maximum absolute atomic E-state index is 4.28. The van der Waals surface area contributed by atoms with Crippen LogP contribution in [0.15, 0.2) is 51.5 Å². The molecule has 0 aromatic heterocycles. The molecule has 0 spiro atoms. The zero-order valence-corrected chi connectivity index (χ0v) is 14.0. The minimum absolute atomic E-state index is 0.000988. The van der Waals surface area contributed by atoms with E-state index in [4.69, 9.17) is 0 Å². The van der Waals surface area contributed by atoms with Gasteiger partial charge in [0.15, 0.2) is 0 Å². The molecule has 0 saturated carbocycles. The van der Waals surface area contributed by atoms with Crippen LogP contribution in [-0.4, -0.2) is 0 Å². The average Bonchev–Trinajstić information content (AvgIpc) is 2.46. The fourth-order valence-electron chi connectivity index (χ4n) is 2.32. The lowest BCUT2D eigenvalue weighted by molar-refractivity contribution is 0.662. The van der Waals surface area contributed by atoms with Gasteiger partial charge in [0, 0.05) is 9.89 Å². The highest BCUT2D eigenvalue weighted by molar-refractivity contribution is 9.11. The molecule has 0 unspecified atom stereocenters. The first-order chi connectivity index (χ1) is 8.34. The number of hydrogen-bond donors (Lipinski definition) is 0. The molecular formula is C16H16Br2. The van der Waals surface area contributed by atoms with Crippen LogP contribution in [0.4, 0.5) is 0 Å². The molecule has 0 amide bonds. The molecule has 2 rings (SSSR count). The van der Waals surface area contributed by atoms with Gasteiger partial charge in [-0.2, -0.15) is 0 Å². The minimum atomic E-state index is -0.000988. The van der Waals surface area contributed by atoms with Crippen molar-refractivity contribution in [2.75, 3.05) is 0 Å². The highest BCUT2D eigenvalue weighted by Gasteiger charge is 2.36. The van der Waals surface area contributed by atoms with Crippen molar-refractivity contribution in [2.45, 2.75) is 26.2 Å². The van der Waals surface area contributed by atoms with Crippen molar-refractivity contribution < 1.29 is 0 Å². The highest BCUT2D eigenvalue weighted by atomic mass is 79.9. The molecule has 0 atom stereocenters. The van der Waals surface area contributed by atoms with Crippen LogP contribution >= 0.6 is 31.9 Å². The van der Waals surface area contributed by atoms with Gasteiger partial charge < -0.3 is 0 Å². The third kappa shape index (κ3) is 2.28. The zero-order chi connectivity index (χ0) is 13.5. The SMILES string of the molecule is C=C1/C(=C\C=C(/C)Br)c2ccc(Br)cc2C1(C)C. The molecular weight excluding hydrogens is 352 g/mol. The second-order valence-electron chi connectivity index (χ2n) is 5.13. The lowest BCUT2D eigenvalue weighted by Crippen LogP contribution is -2.14. The van der Waals surface area contributed by atoms with Crippen LogP contribution in [0.5, 0.6) is 0 Å². The molecule has 1 aliphatic rings. The van der Waals surface area contributed by atoms with Crippen molar-refractivity contribution >= 4 is 37.4 Å². The lowest BCUT2D eigenvalue weighted by Gasteiger charge is -2.20. The summed E-state index contributed by atoms with van der Waals surface area (Å²) in [6, 6.07) is 6.46. The maximum atomic E-state index is 4.28. The third-order valence-electron chi connectivity index (χ3n) is 3.50. The molecule has 0 heterocycles. The topological polar surface area (TPSA) is 0 Å². The molecule has 94 valence electrons. The summed E-state index contributed by atoms with van der Waals surface area (Å²) in [6.07, 6.45) is 4.22. The molecule has 1 aromatic carbocycles. The summed E-state index contributed by atoms with van der Waals surface area (Å²) in [5.41, 5.74) is 5.05. The van der Waals surface area contributed by atoms with Crippen molar-refractivity contribution in [3.63, 3.8) is 0 Å². The predicted molar refractivity (Wildman–Crippen MR) is 87.0 cm³/mol. The zero-order valence-electron chi connectivity index (χ0n) is 10.8. The molecule has 0 bridgehead atoms. The number of allylic oxidation sites excluding steroid dienone is 5. The van der Waals surface area contributed by atoms with E-state index in [1.807, 2.05) is 6.92 Å². The largest absolute Gasteiger partial charge is 0.0943 e. The van der Waals surface area contributed by atoms with Crippen LogP contribution in [0.25, 0.3) is 5.57 Å². The Kier molecular flexibility index (Phi) is 3.70. The van der Waals surface area contributed by atoms with Crippen LogP contribution in [0.2, 0.25) is 0 Å². The van der Waals surface area contributed by atoms with E-state index >= 15 is 0 Å². The van der Waals surface area contributed by atoms with Gasteiger partial charge in [0.1, 0.15) is 0 Å². The highest BCUT2D eigenvalue weighted by Crippen LogP contribution is 2.49. The average molecular weight is 368 g/mol. The summed E-state index contributed by atoms with van der Waals surface area (Å²) >= 11 is 7.01. The molecule has 18 heavy (non-hydrogen) atoms. The van der Waals surface area contributed by atoms with Gasteiger partial charge in [0.25, 0.3) is 0 Å². The molecule has 0 fully saturated rings. The molecule has 0 radical (unpaired) electrons. The Morgan fingerprint density at radius 1 is 1.33 bits per heavy atom. The summed E-state index contributed by atoms with van der Waals surface area (Å²) in [7, 11) is 0. The molecule has 0 nitrogen and oxygen atoms in total. The molecule has 0 aliphatic heterocycles. The predicted octanol–water partition coefficient (Wildman–Crippen LogP) is 5.98. The van der Waals surface area contributed by atoms with Gasteiger partial charge in [-0.25, -0.2) is 0 Å². The lowest BCUT2D eigenvalue weighted by atomic mass is 9.83. The smallest absolute Gasteiger partial charge is 0.0178 e. The van der Waals surface area contributed by atoms with Crippen molar-refractivity contribution in [3.8, 4) is 0 Å². The van der Waals surface area contributed by atoms with Crippen LogP contribution in [-0.2, 0) is 5.41 Å². The summed E-state index contributed by atoms with van der Waals surface area (Å²) < 4.78 is 2.24. The van der Waals surface area contributed by atoms with E-state index in [0.29, 0.717) is 0 Å². The van der Waals surface area contributed by atoms with Crippen LogP contribution in [0.3, 0.4) is 0 Å². The number of hydrogen-bond acceptors (Lipinski definition) is 0. The first kappa shape index (κ1) is 13.8. The Balaban J connectivity index is 2.65. The van der Waals surface area contributed by atoms with E-state index in [2.05, 4.69) is 82.6 Å². The van der Waals surface area contributed by atoms with Crippen LogP contribution < -0.4 is 0 Å². The molecule has 0 saturated heterocycles. The van der Waals surface area contributed by atoms with Gasteiger partial charge in [-0.3, -0.25) is 0 Å². The summed E-state index contributed by atoms with van der Waals surface area (Å²) in [5, 5.41) is 0. The van der Waals surface area contributed by atoms with E-state index in [1.54, 1.807) is 0 Å². The number of benzene rings is 1. The number of rotatable bonds is 1. The van der Waals surface area contributed by atoms with E-state index in [1.165, 1.54) is 22.3 Å². The maximum Gasteiger partial charge on any atom is 0.0178 e. The van der Waals surface area contributed by atoms with Crippen molar-refractivity contribution in [2.24, 2.45) is 0 Å². The fraction of sp³-hybridized carbons (Fsp3) is 0.250. The Morgan fingerprint density at radius 3 is 2.61 bits per heavy atom. The van der Waals surface area contributed by atoms with Gasteiger partial charge in [-0.1, -0.05) is 70.5 Å². The van der Waals surface area contributed by atoms with Crippen molar-refractivity contribution in [1.29, 1.82) is 0 Å². The summed E-state index contributed by atoms with van der Waals surface area (Å²) in [6.45, 7) is 10.8. The first-order valence-electron chi connectivity index (χ1n) is 5.88. The van der Waals surface area contributed by atoms with Crippen molar-refractivity contribution in [1.82, 2.24) is 0 Å². The number of halogens is 2. The van der Waals surface area contributed by atoms with E-state index in [0.717, 1.165) is 8.96 Å². The van der Waals surface area contributed by atoms with E-state index in [9.17, 15) is 0 Å². The standard InChI is InChI=1S/C16H16Br2/c1-10(17)5-7-13-11(2)16(3,4)15-9-12(18)6-8-14(13)15/h5-9H,2H2,1,3-4H3/b10-5+,13-7+. The Hall–Kier alpha value is -0.600. The van der Waals surface area contributed by atoms with Crippen molar-refractivity contribution in [3.05, 3.63) is 62.6 Å². The van der Waals surface area contributed by atoms with Crippen LogP contribution in [0.1, 0.15) is 31.9 Å². The Labute approximate surface area is 126 Å². The van der Waals surface area contributed by atoms with E-state index < -0.39 is 0 Å². The second kappa shape index (κ2) is 4.82. The van der Waals surface area contributed by atoms with Gasteiger partial charge in [0.05, 0.1) is 0 Å². The second-order valence-corrected chi connectivity index (χ2v) is 7.29. The van der Waals surface area contributed by atoms with E-state index in [-0.39, 0.29) is 5.41 Å². The molecule has 2 heteroatoms. The monoisotopic (exact) mass is 366 g/mol. The quantitative estimate of drug-likeness (QED) is 0.572. The Bertz CT molecular complexity index is 571. The Morgan fingerprint density at radius 2 is 2.00 bits per heavy atom. The normalized spacial score (nSPS) is 20.4. The summed E-state index contributed by atoms with van der Waals surface area (Å²) in [5.74, 6) is 0. The first-order valence-corrected chi connectivity index (χ1v) is 7.47. The van der Waals surface area contributed by atoms with Gasteiger partial charge in [0.2, 0.25) is 0 Å². The third-order valence-corrected chi connectivity index (χ3v) is 4.26.